The molecular weight excluding hydrogens is 244 g/mol. The zero-order chi connectivity index (χ0) is 13.5. The van der Waals surface area contributed by atoms with E-state index in [1.165, 1.54) is 6.33 Å². The van der Waals surface area contributed by atoms with Crippen molar-refractivity contribution in [1.82, 2.24) is 20.1 Å². The van der Waals surface area contributed by atoms with Gasteiger partial charge in [-0.05, 0) is 19.2 Å². The lowest BCUT2D eigenvalue weighted by Crippen LogP contribution is -2.24. The molecule has 0 bridgehead atoms. The molecule has 0 fully saturated rings. The highest BCUT2D eigenvalue weighted by Crippen LogP contribution is 2.18. The maximum Gasteiger partial charge on any atom is 0.138 e. The van der Waals surface area contributed by atoms with Gasteiger partial charge in [-0.1, -0.05) is 6.07 Å². The lowest BCUT2D eigenvalue weighted by molar-refractivity contribution is 0.229. The number of rotatable bonds is 7. The molecular formula is C13H18N4O2. The van der Waals surface area contributed by atoms with Gasteiger partial charge in [-0.2, -0.15) is 5.10 Å². The lowest BCUT2D eigenvalue weighted by atomic mass is 10.3. The molecule has 2 aromatic rings. The summed E-state index contributed by atoms with van der Waals surface area (Å²) in [6.07, 6.45) is 1.51. The van der Waals surface area contributed by atoms with Crippen molar-refractivity contribution in [3.63, 3.8) is 0 Å². The third kappa shape index (κ3) is 4.26. The van der Waals surface area contributed by atoms with E-state index < -0.39 is 0 Å². The number of aromatic amines is 1. The third-order valence-corrected chi connectivity index (χ3v) is 2.67. The molecule has 0 saturated carbocycles. The number of methoxy groups -OCH3 is 1. The molecule has 0 amide bonds. The lowest BCUT2D eigenvalue weighted by Gasteiger charge is -2.15. The van der Waals surface area contributed by atoms with E-state index in [1.54, 1.807) is 7.11 Å². The Balaban J connectivity index is 1.73. The van der Waals surface area contributed by atoms with Gasteiger partial charge in [-0.3, -0.25) is 10.00 Å². The summed E-state index contributed by atoms with van der Waals surface area (Å²) >= 11 is 0. The summed E-state index contributed by atoms with van der Waals surface area (Å²) < 4.78 is 10.8. The van der Waals surface area contributed by atoms with E-state index in [-0.39, 0.29) is 0 Å². The highest BCUT2D eigenvalue weighted by atomic mass is 16.5. The molecule has 19 heavy (non-hydrogen) atoms. The van der Waals surface area contributed by atoms with Crippen LogP contribution in [0.1, 0.15) is 5.82 Å². The number of nitrogens with one attached hydrogen (secondary N) is 1. The third-order valence-electron chi connectivity index (χ3n) is 2.67. The maximum atomic E-state index is 5.67. The summed E-state index contributed by atoms with van der Waals surface area (Å²) in [6, 6.07) is 7.59. The van der Waals surface area contributed by atoms with Gasteiger partial charge < -0.3 is 9.47 Å². The van der Waals surface area contributed by atoms with Crippen LogP contribution >= 0.6 is 0 Å². The van der Waals surface area contributed by atoms with E-state index in [4.69, 9.17) is 9.47 Å². The summed E-state index contributed by atoms with van der Waals surface area (Å²) in [4.78, 5) is 6.19. The number of aromatic nitrogens is 3. The molecule has 0 unspecified atom stereocenters. The number of ether oxygens (including phenoxy) is 2. The molecule has 0 saturated heterocycles. The first-order chi connectivity index (χ1) is 9.28. The normalized spacial score (nSPS) is 10.7. The van der Waals surface area contributed by atoms with Crippen LogP contribution in [0.4, 0.5) is 0 Å². The predicted molar refractivity (Wildman–Crippen MR) is 71.2 cm³/mol. The van der Waals surface area contributed by atoms with E-state index in [1.807, 2.05) is 31.3 Å². The van der Waals surface area contributed by atoms with Gasteiger partial charge >= 0.3 is 0 Å². The van der Waals surface area contributed by atoms with Crippen LogP contribution in [0.2, 0.25) is 0 Å². The Hall–Kier alpha value is -2.08. The molecule has 0 aliphatic carbocycles. The highest BCUT2D eigenvalue weighted by Gasteiger charge is 2.03. The van der Waals surface area contributed by atoms with Gasteiger partial charge in [0.25, 0.3) is 0 Å². The molecule has 0 atom stereocenters. The van der Waals surface area contributed by atoms with Crippen LogP contribution in [-0.4, -0.2) is 47.4 Å². The first kappa shape index (κ1) is 13.4. The average molecular weight is 262 g/mol. The van der Waals surface area contributed by atoms with E-state index in [9.17, 15) is 0 Å². The predicted octanol–water partition coefficient (Wildman–Crippen LogP) is 1.32. The number of H-pyrrole nitrogens is 1. The Labute approximate surface area is 112 Å². The van der Waals surface area contributed by atoms with Crippen molar-refractivity contribution in [2.24, 2.45) is 0 Å². The molecule has 2 rings (SSSR count). The molecule has 1 aromatic heterocycles. The quantitative estimate of drug-likeness (QED) is 0.815. The minimum absolute atomic E-state index is 0.609. The van der Waals surface area contributed by atoms with Gasteiger partial charge in [0.15, 0.2) is 0 Å². The fourth-order valence-corrected chi connectivity index (χ4v) is 1.65. The minimum atomic E-state index is 0.609. The van der Waals surface area contributed by atoms with E-state index in [0.717, 1.165) is 30.4 Å². The Morgan fingerprint density at radius 1 is 1.32 bits per heavy atom. The Morgan fingerprint density at radius 3 is 2.89 bits per heavy atom. The summed E-state index contributed by atoms with van der Waals surface area (Å²) in [5.41, 5.74) is 0. The van der Waals surface area contributed by atoms with Gasteiger partial charge in [0.05, 0.1) is 13.7 Å². The number of likely N-dealkylation sites (N-methyl/N-ethyl adjacent to an activating group) is 1. The zero-order valence-corrected chi connectivity index (χ0v) is 11.2. The molecule has 1 aromatic carbocycles. The van der Waals surface area contributed by atoms with Crippen molar-refractivity contribution < 1.29 is 9.47 Å². The first-order valence-electron chi connectivity index (χ1n) is 6.07. The van der Waals surface area contributed by atoms with Crippen LogP contribution in [-0.2, 0) is 6.54 Å². The number of benzene rings is 1. The van der Waals surface area contributed by atoms with Crippen molar-refractivity contribution in [2.75, 3.05) is 27.3 Å². The molecule has 1 heterocycles. The number of hydrogen-bond donors (Lipinski definition) is 1. The molecule has 0 spiro atoms. The fourth-order valence-electron chi connectivity index (χ4n) is 1.65. The second kappa shape index (κ2) is 6.75. The van der Waals surface area contributed by atoms with Crippen molar-refractivity contribution in [3.05, 3.63) is 36.4 Å². The minimum Gasteiger partial charge on any atom is -0.497 e. The summed E-state index contributed by atoms with van der Waals surface area (Å²) in [7, 11) is 3.65. The van der Waals surface area contributed by atoms with Crippen LogP contribution in [0.25, 0.3) is 0 Å². The smallest absolute Gasteiger partial charge is 0.138 e. The molecule has 0 aliphatic rings. The summed E-state index contributed by atoms with van der Waals surface area (Å²) in [5, 5.41) is 6.65. The molecule has 0 radical (unpaired) electrons. The van der Waals surface area contributed by atoms with Crippen molar-refractivity contribution in [2.45, 2.75) is 6.54 Å². The van der Waals surface area contributed by atoms with Crippen LogP contribution in [0.3, 0.4) is 0 Å². The first-order valence-corrected chi connectivity index (χ1v) is 6.07. The highest BCUT2D eigenvalue weighted by molar-refractivity contribution is 5.32. The van der Waals surface area contributed by atoms with E-state index >= 15 is 0 Å². The van der Waals surface area contributed by atoms with Gasteiger partial charge in [0.2, 0.25) is 0 Å². The maximum absolute atomic E-state index is 5.67. The van der Waals surface area contributed by atoms with Crippen molar-refractivity contribution in [3.8, 4) is 11.5 Å². The van der Waals surface area contributed by atoms with Gasteiger partial charge in [-0.25, -0.2) is 4.98 Å². The number of nitrogens with zero attached hydrogens (tertiary/aromatic N) is 3. The van der Waals surface area contributed by atoms with Crippen molar-refractivity contribution >= 4 is 0 Å². The average Bonchev–Trinajstić information content (AvgIpc) is 2.92. The molecule has 1 N–H and O–H groups in total. The van der Waals surface area contributed by atoms with Crippen molar-refractivity contribution in [1.29, 1.82) is 0 Å². The summed E-state index contributed by atoms with van der Waals surface area (Å²) in [5.74, 6) is 2.46. The monoisotopic (exact) mass is 262 g/mol. The largest absolute Gasteiger partial charge is 0.497 e. The second-order valence-corrected chi connectivity index (χ2v) is 4.20. The second-order valence-electron chi connectivity index (χ2n) is 4.20. The van der Waals surface area contributed by atoms with E-state index in [0.29, 0.717) is 6.61 Å². The standard InChI is InChI=1S/C13H18N4O2/c1-17(9-13-14-10-15-16-13)6-7-19-12-5-3-4-11(8-12)18-2/h3-5,8,10H,6-7,9H2,1-2H3,(H,14,15,16). The molecule has 102 valence electrons. The van der Waals surface area contributed by atoms with E-state index in [2.05, 4.69) is 20.1 Å². The fraction of sp³-hybridized carbons (Fsp3) is 0.385. The SMILES string of the molecule is COc1cccc(OCCN(C)Cc2ncn[nH]2)c1. The number of hydrogen-bond acceptors (Lipinski definition) is 5. The Bertz CT molecular complexity index is 487. The molecule has 6 nitrogen and oxygen atoms in total. The van der Waals surface area contributed by atoms with Crippen LogP contribution in [0, 0.1) is 0 Å². The van der Waals surface area contributed by atoms with Gasteiger partial charge in [-0.15, -0.1) is 0 Å². The zero-order valence-electron chi connectivity index (χ0n) is 11.2. The van der Waals surface area contributed by atoms with Crippen LogP contribution in [0.5, 0.6) is 11.5 Å². The molecule has 0 aliphatic heterocycles. The summed E-state index contributed by atoms with van der Waals surface area (Å²) in [6.45, 7) is 2.14. The topological polar surface area (TPSA) is 63.3 Å². The molecule has 6 heteroatoms. The van der Waals surface area contributed by atoms with Gasteiger partial charge in [0.1, 0.15) is 30.3 Å². The van der Waals surface area contributed by atoms with Gasteiger partial charge in [0, 0.05) is 12.6 Å². The Morgan fingerprint density at radius 2 is 2.16 bits per heavy atom. The van der Waals surface area contributed by atoms with Crippen LogP contribution in [0.15, 0.2) is 30.6 Å². The Kier molecular flexibility index (Phi) is 4.74. The van der Waals surface area contributed by atoms with Crippen LogP contribution < -0.4 is 9.47 Å².